The van der Waals surface area contributed by atoms with Crippen LogP contribution in [0.15, 0.2) is 12.5 Å². The van der Waals surface area contributed by atoms with E-state index in [0.29, 0.717) is 5.69 Å². The lowest BCUT2D eigenvalue weighted by molar-refractivity contribution is -0.135. The van der Waals surface area contributed by atoms with Crippen LogP contribution < -0.4 is 0 Å². The zero-order chi connectivity index (χ0) is 16.6. The van der Waals surface area contributed by atoms with Crippen LogP contribution in [0.2, 0.25) is 0 Å². The summed E-state index contributed by atoms with van der Waals surface area (Å²) in [6, 6.07) is 0. The van der Waals surface area contributed by atoms with Crippen LogP contribution in [0, 0.1) is 0 Å². The summed E-state index contributed by atoms with van der Waals surface area (Å²) in [5.41, 5.74) is 0.495. The molecule has 1 aromatic heterocycles. The van der Waals surface area contributed by atoms with E-state index in [1.165, 1.54) is 4.90 Å². The van der Waals surface area contributed by atoms with Crippen molar-refractivity contribution >= 4 is 23.6 Å². The average molecular weight is 338 g/mol. The number of likely N-dealkylation sites (N-methyl/N-ethyl adjacent to an activating group) is 1. The van der Waals surface area contributed by atoms with Crippen LogP contribution >= 0.6 is 11.8 Å². The Bertz CT molecular complexity index is 610. The predicted octanol–water partition coefficient (Wildman–Crippen LogP) is 0.225. The molecular formula is C15H22N4O3S. The fraction of sp³-hybridized carbons (Fsp3) is 0.667. The molecule has 0 radical (unpaired) electrons. The molecule has 2 aliphatic heterocycles. The van der Waals surface area contributed by atoms with E-state index < -0.39 is 0 Å². The second kappa shape index (κ2) is 6.16. The molecule has 0 N–H and O–H groups in total. The maximum absolute atomic E-state index is 12.3. The van der Waals surface area contributed by atoms with Crippen molar-refractivity contribution in [3.8, 4) is 0 Å². The van der Waals surface area contributed by atoms with E-state index in [9.17, 15) is 9.59 Å². The highest BCUT2D eigenvalue weighted by atomic mass is 32.2. The number of thioether (sulfide) groups is 1. The average Bonchev–Trinajstić information content (AvgIpc) is 3.08. The van der Waals surface area contributed by atoms with Crippen molar-refractivity contribution in [3.05, 3.63) is 18.2 Å². The molecule has 0 aliphatic carbocycles. The largest absolute Gasteiger partial charge is 0.367 e. The molecule has 1 atom stereocenters. The van der Waals surface area contributed by atoms with Crippen LogP contribution in [-0.2, 0) is 16.6 Å². The summed E-state index contributed by atoms with van der Waals surface area (Å²) < 4.78 is 7.58. The van der Waals surface area contributed by atoms with Gasteiger partial charge in [-0.3, -0.25) is 9.59 Å². The molecule has 0 aromatic carbocycles. The number of aryl methyl sites for hydroxylation is 1. The SMILES string of the molecule is CN(C)C(=O)COC1CSC2(C1)CN(C(=O)c1cn(C)cn1)C2. The van der Waals surface area contributed by atoms with Gasteiger partial charge in [0.25, 0.3) is 5.91 Å². The number of ether oxygens (including phenoxy) is 1. The maximum atomic E-state index is 12.3. The van der Waals surface area contributed by atoms with Crippen LogP contribution in [0.5, 0.6) is 0 Å². The van der Waals surface area contributed by atoms with Crippen LogP contribution in [0.3, 0.4) is 0 Å². The van der Waals surface area contributed by atoms with Crippen molar-refractivity contribution in [1.82, 2.24) is 19.4 Å². The van der Waals surface area contributed by atoms with Gasteiger partial charge in [-0.2, -0.15) is 0 Å². The van der Waals surface area contributed by atoms with Gasteiger partial charge in [-0.25, -0.2) is 4.98 Å². The minimum Gasteiger partial charge on any atom is -0.367 e. The van der Waals surface area contributed by atoms with Gasteiger partial charge in [0, 0.05) is 46.2 Å². The molecule has 1 unspecified atom stereocenters. The first-order chi connectivity index (χ1) is 10.9. The third-order valence-electron chi connectivity index (χ3n) is 4.29. The molecule has 126 valence electrons. The fourth-order valence-electron chi connectivity index (χ4n) is 2.93. The van der Waals surface area contributed by atoms with Gasteiger partial charge in [-0.15, -0.1) is 11.8 Å². The molecule has 0 bridgehead atoms. The fourth-order valence-corrected chi connectivity index (χ4v) is 4.48. The minimum absolute atomic E-state index is 0.0102. The number of carbonyl (C=O) groups excluding carboxylic acids is 2. The summed E-state index contributed by atoms with van der Waals surface area (Å²) in [6.07, 6.45) is 4.37. The lowest BCUT2D eigenvalue weighted by Gasteiger charge is -2.47. The van der Waals surface area contributed by atoms with Crippen molar-refractivity contribution in [2.45, 2.75) is 17.3 Å². The summed E-state index contributed by atoms with van der Waals surface area (Å²) in [4.78, 5) is 31.4. The lowest BCUT2D eigenvalue weighted by Crippen LogP contribution is -2.60. The number of imidazole rings is 1. The summed E-state index contributed by atoms with van der Waals surface area (Å²) in [6.45, 7) is 1.59. The number of nitrogens with zero attached hydrogens (tertiary/aromatic N) is 4. The van der Waals surface area contributed by atoms with E-state index in [0.717, 1.165) is 25.3 Å². The molecule has 8 heteroatoms. The third-order valence-corrected chi connectivity index (χ3v) is 5.86. The van der Waals surface area contributed by atoms with Crippen molar-refractivity contribution in [1.29, 1.82) is 0 Å². The Morgan fingerprint density at radius 3 is 2.83 bits per heavy atom. The Morgan fingerprint density at radius 2 is 2.22 bits per heavy atom. The van der Waals surface area contributed by atoms with E-state index in [-0.39, 0.29) is 29.3 Å². The standard InChI is InChI=1S/C15H22N4O3S/c1-17(2)13(20)6-22-11-4-15(23-7-11)8-19(9-15)14(21)12-5-18(3)10-16-12/h5,10-11H,4,6-9H2,1-3H3. The molecule has 2 saturated heterocycles. The lowest BCUT2D eigenvalue weighted by atomic mass is 9.92. The second-order valence-electron chi connectivity index (χ2n) is 6.50. The van der Waals surface area contributed by atoms with E-state index in [2.05, 4.69) is 4.98 Å². The Kier molecular flexibility index (Phi) is 4.37. The number of carbonyl (C=O) groups is 2. The molecule has 0 saturated carbocycles. The predicted molar refractivity (Wildman–Crippen MR) is 87.4 cm³/mol. The number of hydrogen-bond acceptors (Lipinski definition) is 5. The minimum atomic E-state index is -0.0171. The number of rotatable bonds is 4. The van der Waals surface area contributed by atoms with Gasteiger partial charge < -0.3 is 19.1 Å². The first kappa shape index (κ1) is 16.3. The number of hydrogen-bond donors (Lipinski definition) is 0. The van der Waals surface area contributed by atoms with Gasteiger partial charge in [0.15, 0.2) is 0 Å². The highest BCUT2D eigenvalue weighted by Gasteiger charge is 2.51. The van der Waals surface area contributed by atoms with E-state index in [4.69, 9.17) is 4.74 Å². The highest BCUT2D eigenvalue weighted by molar-refractivity contribution is 8.01. The van der Waals surface area contributed by atoms with Crippen LogP contribution in [0.1, 0.15) is 16.9 Å². The molecule has 1 aromatic rings. The van der Waals surface area contributed by atoms with Gasteiger partial charge >= 0.3 is 0 Å². The quantitative estimate of drug-likeness (QED) is 0.786. The molecule has 1 spiro atoms. The third kappa shape index (κ3) is 3.37. The second-order valence-corrected chi connectivity index (χ2v) is 7.99. The van der Waals surface area contributed by atoms with Crippen LogP contribution in [0.4, 0.5) is 0 Å². The van der Waals surface area contributed by atoms with Gasteiger partial charge in [0.1, 0.15) is 12.3 Å². The Labute approximate surface area is 140 Å². The van der Waals surface area contributed by atoms with Crippen LogP contribution in [-0.4, -0.2) is 81.6 Å². The van der Waals surface area contributed by atoms with E-state index in [1.807, 2.05) is 23.7 Å². The maximum Gasteiger partial charge on any atom is 0.274 e. The first-order valence-electron chi connectivity index (χ1n) is 7.61. The number of aromatic nitrogens is 2. The van der Waals surface area contributed by atoms with Gasteiger partial charge in [0.2, 0.25) is 5.91 Å². The molecule has 2 amide bonds. The molecule has 23 heavy (non-hydrogen) atoms. The van der Waals surface area contributed by atoms with Crippen molar-refractivity contribution in [2.24, 2.45) is 7.05 Å². The van der Waals surface area contributed by atoms with Crippen molar-refractivity contribution in [3.63, 3.8) is 0 Å². The number of amides is 2. The molecule has 3 rings (SSSR count). The van der Waals surface area contributed by atoms with Crippen LogP contribution in [0.25, 0.3) is 0 Å². The topological polar surface area (TPSA) is 67.7 Å². The Hall–Kier alpha value is -1.54. The zero-order valence-electron chi connectivity index (χ0n) is 13.7. The zero-order valence-corrected chi connectivity index (χ0v) is 14.5. The van der Waals surface area contributed by atoms with Gasteiger partial charge in [0.05, 0.1) is 17.2 Å². The van der Waals surface area contributed by atoms with Gasteiger partial charge in [-0.1, -0.05) is 0 Å². The Balaban J connectivity index is 1.47. The summed E-state index contributed by atoms with van der Waals surface area (Å²) >= 11 is 1.85. The summed E-state index contributed by atoms with van der Waals surface area (Å²) in [5.74, 6) is 0.854. The Morgan fingerprint density at radius 1 is 1.48 bits per heavy atom. The number of likely N-dealkylation sites (tertiary alicyclic amines) is 1. The monoisotopic (exact) mass is 338 g/mol. The van der Waals surface area contributed by atoms with Crippen molar-refractivity contribution < 1.29 is 14.3 Å². The summed E-state index contributed by atoms with van der Waals surface area (Å²) in [5, 5.41) is 0. The summed E-state index contributed by atoms with van der Waals surface area (Å²) in [7, 11) is 5.30. The van der Waals surface area contributed by atoms with Crippen molar-refractivity contribution in [2.75, 3.05) is 39.5 Å². The van der Waals surface area contributed by atoms with E-state index >= 15 is 0 Å². The van der Waals surface area contributed by atoms with Gasteiger partial charge in [-0.05, 0) is 6.42 Å². The van der Waals surface area contributed by atoms with E-state index in [1.54, 1.807) is 31.2 Å². The molecule has 2 aliphatic rings. The first-order valence-corrected chi connectivity index (χ1v) is 8.60. The smallest absolute Gasteiger partial charge is 0.274 e. The molecule has 7 nitrogen and oxygen atoms in total. The highest BCUT2D eigenvalue weighted by Crippen LogP contribution is 2.46. The molecular weight excluding hydrogens is 316 g/mol. The normalized spacial score (nSPS) is 22.2. The molecule has 2 fully saturated rings. The molecule has 3 heterocycles.